The third-order valence-electron chi connectivity index (χ3n) is 2.49. The van der Waals surface area contributed by atoms with Gasteiger partial charge in [0.25, 0.3) is 0 Å². The van der Waals surface area contributed by atoms with Crippen molar-refractivity contribution in [3.8, 4) is 0 Å². The molecule has 1 saturated heterocycles. The molecular weight excluding hydrogens is 182 g/mol. The van der Waals surface area contributed by atoms with Crippen LogP contribution in [0.1, 0.15) is 19.3 Å². The summed E-state index contributed by atoms with van der Waals surface area (Å²) in [4.78, 5) is 4.26. The van der Waals surface area contributed by atoms with Crippen molar-refractivity contribution in [2.75, 3.05) is 11.5 Å². The number of aromatic nitrogens is 1. The van der Waals surface area contributed by atoms with Crippen molar-refractivity contribution < 1.29 is 4.55 Å². The first kappa shape index (κ1) is 9.03. The molecule has 2 rings (SSSR count). The molecule has 0 unspecified atom stereocenters. The van der Waals surface area contributed by atoms with Gasteiger partial charge in [-0.3, -0.25) is 0 Å². The zero-order valence-corrected chi connectivity index (χ0v) is 8.46. The molecule has 0 aromatic carbocycles. The molecule has 1 fully saturated rings. The summed E-state index contributed by atoms with van der Waals surface area (Å²) in [6.07, 6.45) is 5.35. The van der Waals surface area contributed by atoms with Crippen LogP contribution in [-0.2, 0) is 0 Å². The second kappa shape index (κ2) is 3.68. The van der Waals surface area contributed by atoms with Gasteiger partial charge in [-0.05, 0) is 25.0 Å². The molecule has 1 aromatic heterocycles. The SMILES string of the molecule is OS1(c2ccccn2)CCCCC1. The minimum absolute atomic E-state index is 0.926. The van der Waals surface area contributed by atoms with Gasteiger partial charge < -0.3 is 4.55 Å². The van der Waals surface area contributed by atoms with Crippen LogP contribution >= 0.6 is 10.3 Å². The molecule has 0 spiro atoms. The maximum absolute atomic E-state index is 10.4. The third-order valence-corrected chi connectivity index (χ3v) is 5.44. The number of pyridine rings is 1. The van der Waals surface area contributed by atoms with Gasteiger partial charge in [0.05, 0.1) is 0 Å². The summed E-state index contributed by atoms with van der Waals surface area (Å²) in [5.41, 5.74) is 0. The number of hydrogen-bond acceptors (Lipinski definition) is 2. The highest BCUT2D eigenvalue weighted by molar-refractivity contribution is 8.29. The fourth-order valence-electron chi connectivity index (χ4n) is 1.74. The molecule has 0 bridgehead atoms. The third kappa shape index (κ3) is 1.86. The van der Waals surface area contributed by atoms with Crippen LogP contribution in [0.25, 0.3) is 0 Å². The van der Waals surface area contributed by atoms with Crippen molar-refractivity contribution in [3.05, 3.63) is 24.4 Å². The monoisotopic (exact) mass is 197 g/mol. The Hall–Kier alpha value is -0.540. The standard InChI is InChI=1S/C10H15NOS/c12-13(8-4-1-5-9-13)10-6-2-3-7-11-10/h2-3,6-7,12H,1,4-5,8-9H2. The molecule has 13 heavy (non-hydrogen) atoms. The van der Waals surface area contributed by atoms with Gasteiger partial charge in [-0.25, -0.2) is 4.98 Å². The van der Waals surface area contributed by atoms with Crippen molar-refractivity contribution in [2.45, 2.75) is 24.3 Å². The van der Waals surface area contributed by atoms with E-state index in [0.29, 0.717) is 0 Å². The first-order valence-electron chi connectivity index (χ1n) is 4.73. The summed E-state index contributed by atoms with van der Waals surface area (Å²) in [5, 5.41) is 0.926. The zero-order valence-electron chi connectivity index (χ0n) is 7.65. The van der Waals surface area contributed by atoms with Gasteiger partial charge in [-0.15, -0.1) is 0 Å². The molecule has 1 N–H and O–H groups in total. The molecule has 0 saturated carbocycles. The van der Waals surface area contributed by atoms with Crippen LogP contribution in [0.4, 0.5) is 0 Å². The van der Waals surface area contributed by atoms with Crippen LogP contribution in [0, 0.1) is 0 Å². The Morgan fingerprint density at radius 1 is 1.15 bits per heavy atom. The van der Waals surface area contributed by atoms with Crippen LogP contribution in [0.5, 0.6) is 0 Å². The lowest BCUT2D eigenvalue weighted by Crippen LogP contribution is -2.15. The van der Waals surface area contributed by atoms with Crippen molar-refractivity contribution >= 4 is 10.3 Å². The summed E-state index contributed by atoms with van der Waals surface area (Å²) in [6, 6.07) is 5.82. The molecule has 0 aliphatic carbocycles. The van der Waals surface area contributed by atoms with Gasteiger partial charge in [-0.1, -0.05) is 22.8 Å². The van der Waals surface area contributed by atoms with Crippen molar-refractivity contribution in [3.63, 3.8) is 0 Å². The Kier molecular flexibility index (Phi) is 2.56. The van der Waals surface area contributed by atoms with Crippen molar-refractivity contribution in [1.82, 2.24) is 4.98 Å². The van der Waals surface area contributed by atoms with Gasteiger partial charge in [0.1, 0.15) is 5.03 Å². The zero-order chi connectivity index (χ0) is 9.15. The maximum Gasteiger partial charge on any atom is 0.101 e. The lowest BCUT2D eigenvalue weighted by molar-refractivity contribution is 0.590. The second-order valence-corrected chi connectivity index (χ2v) is 6.40. The van der Waals surface area contributed by atoms with E-state index in [4.69, 9.17) is 0 Å². The summed E-state index contributed by atoms with van der Waals surface area (Å²) >= 11 is 0. The van der Waals surface area contributed by atoms with E-state index >= 15 is 0 Å². The van der Waals surface area contributed by atoms with E-state index in [1.165, 1.54) is 6.42 Å². The Balaban J connectivity index is 2.23. The quantitative estimate of drug-likeness (QED) is 0.751. The normalized spacial score (nSPS) is 23.8. The summed E-state index contributed by atoms with van der Waals surface area (Å²) in [6.45, 7) is 0. The van der Waals surface area contributed by atoms with Crippen LogP contribution in [0.3, 0.4) is 0 Å². The highest BCUT2D eigenvalue weighted by Crippen LogP contribution is 2.54. The van der Waals surface area contributed by atoms with Crippen LogP contribution in [0.2, 0.25) is 0 Å². The van der Waals surface area contributed by atoms with E-state index in [1.54, 1.807) is 6.20 Å². The fourth-order valence-corrected chi connectivity index (χ4v) is 4.32. The van der Waals surface area contributed by atoms with E-state index in [1.807, 2.05) is 18.2 Å². The van der Waals surface area contributed by atoms with Gasteiger partial charge in [-0.2, -0.15) is 0 Å². The van der Waals surface area contributed by atoms with Crippen molar-refractivity contribution in [1.29, 1.82) is 0 Å². The minimum Gasteiger partial charge on any atom is -0.346 e. The maximum atomic E-state index is 10.4. The predicted molar refractivity (Wildman–Crippen MR) is 56.3 cm³/mol. The minimum atomic E-state index is -1.53. The molecule has 72 valence electrons. The topological polar surface area (TPSA) is 33.1 Å². The van der Waals surface area contributed by atoms with Crippen LogP contribution in [-0.4, -0.2) is 21.0 Å². The highest BCUT2D eigenvalue weighted by atomic mass is 32.3. The highest BCUT2D eigenvalue weighted by Gasteiger charge is 2.26. The van der Waals surface area contributed by atoms with E-state index in [0.717, 1.165) is 29.4 Å². The average Bonchev–Trinajstić information content (AvgIpc) is 2.20. The Bertz CT molecular complexity index is 270. The summed E-state index contributed by atoms with van der Waals surface area (Å²) in [7, 11) is -1.53. The molecule has 1 aliphatic heterocycles. The van der Waals surface area contributed by atoms with Crippen molar-refractivity contribution in [2.24, 2.45) is 0 Å². The van der Waals surface area contributed by atoms with E-state index in [9.17, 15) is 4.55 Å². The van der Waals surface area contributed by atoms with Gasteiger partial charge in [0.15, 0.2) is 0 Å². The smallest absolute Gasteiger partial charge is 0.101 e. The molecule has 0 atom stereocenters. The Labute approximate surface area is 80.5 Å². The van der Waals surface area contributed by atoms with Gasteiger partial charge >= 0.3 is 0 Å². The predicted octanol–water partition coefficient (Wildman–Crippen LogP) is 2.90. The first-order valence-corrected chi connectivity index (χ1v) is 6.66. The van der Waals surface area contributed by atoms with E-state index in [2.05, 4.69) is 4.98 Å². The molecule has 3 heteroatoms. The summed E-state index contributed by atoms with van der Waals surface area (Å²) in [5.74, 6) is 1.90. The van der Waals surface area contributed by atoms with Crippen LogP contribution in [0.15, 0.2) is 29.4 Å². The molecule has 1 aliphatic rings. The first-order chi connectivity index (χ1) is 6.31. The number of hydrogen-bond donors (Lipinski definition) is 1. The largest absolute Gasteiger partial charge is 0.346 e. The summed E-state index contributed by atoms with van der Waals surface area (Å²) < 4.78 is 10.4. The lowest BCUT2D eigenvalue weighted by atomic mass is 10.3. The lowest BCUT2D eigenvalue weighted by Gasteiger charge is -2.36. The molecule has 2 nitrogen and oxygen atoms in total. The molecular formula is C10H15NOS. The molecule has 0 amide bonds. The van der Waals surface area contributed by atoms with E-state index in [-0.39, 0.29) is 0 Å². The number of rotatable bonds is 1. The van der Waals surface area contributed by atoms with Crippen LogP contribution < -0.4 is 0 Å². The average molecular weight is 197 g/mol. The van der Waals surface area contributed by atoms with Gasteiger partial charge in [0, 0.05) is 17.7 Å². The van der Waals surface area contributed by atoms with E-state index < -0.39 is 10.3 Å². The Morgan fingerprint density at radius 3 is 2.54 bits per heavy atom. The molecule has 2 heterocycles. The van der Waals surface area contributed by atoms with Gasteiger partial charge in [0.2, 0.25) is 0 Å². The molecule has 1 aromatic rings. The second-order valence-electron chi connectivity index (χ2n) is 3.48. The number of nitrogens with zero attached hydrogens (tertiary/aromatic N) is 1. The fraction of sp³-hybridized carbons (Fsp3) is 0.500. The molecule has 0 radical (unpaired) electrons. The Morgan fingerprint density at radius 2 is 1.92 bits per heavy atom.